The Balaban J connectivity index is 1.34. The molecule has 2 aliphatic rings. The van der Waals surface area contributed by atoms with E-state index in [1.165, 1.54) is 0 Å². The summed E-state index contributed by atoms with van der Waals surface area (Å²) in [6.07, 6.45) is 5.23. The average molecular weight is 486 g/mol. The van der Waals surface area contributed by atoms with Gasteiger partial charge in [0, 0.05) is 36.7 Å². The molecule has 1 saturated carbocycles. The van der Waals surface area contributed by atoms with Gasteiger partial charge in [0.1, 0.15) is 23.3 Å². The van der Waals surface area contributed by atoms with Crippen molar-refractivity contribution in [1.29, 1.82) is 0 Å². The van der Waals surface area contributed by atoms with Gasteiger partial charge in [0.2, 0.25) is 6.04 Å². The Morgan fingerprint density at radius 2 is 2.03 bits per heavy atom. The van der Waals surface area contributed by atoms with Gasteiger partial charge in [-0.1, -0.05) is 35.9 Å². The van der Waals surface area contributed by atoms with Gasteiger partial charge in [0.15, 0.2) is 0 Å². The fraction of sp³-hybridized carbons (Fsp3) is 0.259. The van der Waals surface area contributed by atoms with Crippen LogP contribution in [0.25, 0.3) is 15.9 Å². The molecule has 35 heavy (non-hydrogen) atoms. The molecule has 1 fully saturated rings. The molecule has 0 amide bonds. The summed E-state index contributed by atoms with van der Waals surface area (Å²) in [5.41, 5.74) is 3.57. The highest BCUT2D eigenvalue weighted by Crippen LogP contribution is 2.45. The molecule has 3 heterocycles. The molecule has 0 bridgehead atoms. The van der Waals surface area contributed by atoms with E-state index >= 15 is 0 Å². The molecule has 176 valence electrons. The second-order valence-electron chi connectivity index (χ2n) is 9.30. The van der Waals surface area contributed by atoms with Crippen LogP contribution in [0.1, 0.15) is 36.5 Å². The number of aliphatic hydroxyl groups is 1. The first kappa shape index (κ1) is 21.8. The highest BCUT2D eigenvalue weighted by Gasteiger charge is 2.45. The molecule has 8 heteroatoms. The van der Waals surface area contributed by atoms with E-state index in [9.17, 15) is 5.11 Å². The lowest BCUT2D eigenvalue weighted by molar-refractivity contribution is 0.222. The van der Waals surface area contributed by atoms with Gasteiger partial charge in [-0.3, -0.25) is 0 Å². The maximum atomic E-state index is 11.4. The van der Waals surface area contributed by atoms with Gasteiger partial charge in [-0.25, -0.2) is 11.6 Å². The van der Waals surface area contributed by atoms with Crippen molar-refractivity contribution >= 4 is 34.0 Å². The zero-order chi connectivity index (χ0) is 24.0. The second-order valence-corrected chi connectivity index (χ2v) is 9.71. The molecule has 2 aromatic heterocycles. The predicted molar refractivity (Wildman–Crippen MR) is 137 cm³/mol. The minimum atomic E-state index is -0.963. The molecule has 3 atom stereocenters. The lowest BCUT2D eigenvalue weighted by atomic mass is 9.92. The number of pyridine rings is 1. The fourth-order valence-corrected chi connectivity index (χ4v) is 5.51. The van der Waals surface area contributed by atoms with Crippen molar-refractivity contribution in [2.24, 2.45) is 0 Å². The molecule has 1 spiro atoms. The number of aromatic nitrogens is 2. The van der Waals surface area contributed by atoms with Crippen molar-refractivity contribution in [3.8, 4) is 11.5 Å². The highest BCUT2D eigenvalue weighted by atomic mass is 35.5. The van der Waals surface area contributed by atoms with Crippen LogP contribution in [0.4, 0.5) is 11.4 Å². The predicted octanol–water partition coefficient (Wildman–Crippen LogP) is 6.14. The number of fused-ring (bicyclic) bond motifs is 3. The summed E-state index contributed by atoms with van der Waals surface area (Å²) in [6, 6.07) is 14.8. The van der Waals surface area contributed by atoms with E-state index in [4.69, 9.17) is 22.9 Å². The van der Waals surface area contributed by atoms with Crippen molar-refractivity contribution in [3.63, 3.8) is 0 Å². The summed E-state index contributed by atoms with van der Waals surface area (Å²) < 4.78 is 5.88. The quantitative estimate of drug-likeness (QED) is 0.261. The largest absolute Gasteiger partial charge is 0.457 e. The van der Waals surface area contributed by atoms with E-state index in [1.807, 2.05) is 30.3 Å². The number of halogens is 1. The van der Waals surface area contributed by atoms with Gasteiger partial charge in [-0.15, -0.1) is 0 Å². The first-order chi connectivity index (χ1) is 17.0. The van der Waals surface area contributed by atoms with Gasteiger partial charge in [0.05, 0.1) is 33.5 Å². The lowest BCUT2D eigenvalue weighted by Crippen LogP contribution is -2.46. The maximum absolute atomic E-state index is 11.4. The van der Waals surface area contributed by atoms with E-state index in [2.05, 4.69) is 25.4 Å². The number of benzene rings is 2. The Bertz CT molecular complexity index is 1450. The first-order valence-corrected chi connectivity index (χ1v) is 12.0. The molecule has 2 aromatic carbocycles. The minimum absolute atomic E-state index is 0.0369. The van der Waals surface area contributed by atoms with Gasteiger partial charge in [-0.05, 0) is 30.7 Å². The zero-order valence-electron chi connectivity index (χ0n) is 18.9. The van der Waals surface area contributed by atoms with Crippen molar-refractivity contribution in [2.45, 2.75) is 36.9 Å². The SMILES string of the molecule is [C-]#[N+]C1CCC2(CNc3cnc4[nH]cc(C(O)c5ccc(Oc6ccccc6)cc5Cl)c4c3N2)C1. The molecule has 7 nitrogen and oxygen atoms in total. The lowest BCUT2D eigenvalue weighted by Gasteiger charge is -2.37. The topological polar surface area (TPSA) is 86.6 Å². The standard InChI is InChI=1S/C27H24ClN5O2/c1-29-16-9-10-27(12-16)15-32-22-14-31-26-23(24(22)33-27)20(13-30-26)25(34)19-8-7-18(11-21(19)28)35-17-5-3-2-4-6-17/h2-8,11,13-14,16,25,32-34H,9-10,12,15H2,(H,30,31). The molecular formula is C27H24ClN5O2. The van der Waals surface area contributed by atoms with Gasteiger partial charge < -0.3 is 30.3 Å². The third-order valence-electron chi connectivity index (χ3n) is 7.04. The molecule has 1 aliphatic carbocycles. The minimum Gasteiger partial charge on any atom is -0.457 e. The van der Waals surface area contributed by atoms with Crippen LogP contribution in [0, 0.1) is 6.57 Å². The second kappa shape index (κ2) is 8.49. The van der Waals surface area contributed by atoms with Crippen LogP contribution in [0.15, 0.2) is 60.9 Å². The van der Waals surface area contributed by atoms with Crippen LogP contribution < -0.4 is 15.4 Å². The number of rotatable bonds is 4. The number of aromatic amines is 1. The monoisotopic (exact) mass is 485 g/mol. The normalized spacial score (nSPS) is 21.7. The maximum Gasteiger partial charge on any atom is 0.226 e. The third-order valence-corrected chi connectivity index (χ3v) is 7.37. The third kappa shape index (κ3) is 3.85. The van der Waals surface area contributed by atoms with Gasteiger partial charge in [-0.2, -0.15) is 0 Å². The molecule has 4 aromatic rings. The Hall–Kier alpha value is -3.73. The average Bonchev–Trinajstić information content (AvgIpc) is 3.49. The molecule has 6 rings (SSSR count). The van der Waals surface area contributed by atoms with Crippen molar-refractivity contribution in [1.82, 2.24) is 9.97 Å². The smallest absolute Gasteiger partial charge is 0.226 e. The molecule has 1 aliphatic heterocycles. The first-order valence-electron chi connectivity index (χ1n) is 11.6. The van der Waals surface area contributed by atoms with E-state index in [0.717, 1.165) is 42.6 Å². The zero-order valence-corrected chi connectivity index (χ0v) is 19.6. The number of hydrogen-bond acceptors (Lipinski definition) is 5. The highest BCUT2D eigenvalue weighted by molar-refractivity contribution is 6.31. The van der Waals surface area contributed by atoms with Crippen LogP contribution >= 0.6 is 11.6 Å². The summed E-state index contributed by atoms with van der Waals surface area (Å²) in [5, 5.41) is 19.9. The van der Waals surface area contributed by atoms with Gasteiger partial charge >= 0.3 is 0 Å². The van der Waals surface area contributed by atoms with Crippen molar-refractivity contribution in [2.75, 3.05) is 17.2 Å². The molecular weight excluding hydrogens is 462 g/mol. The number of hydrogen-bond donors (Lipinski definition) is 4. The number of ether oxygens (including phenoxy) is 1. The number of aliphatic hydroxyl groups excluding tert-OH is 1. The number of anilines is 2. The van der Waals surface area contributed by atoms with Crippen LogP contribution in [0.3, 0.4) is 0 Å². The van der Waals surface area contributed by atoms with Crippen molar-refractivity contribution < 1.29 is 9.84 Å². The number of nitrogens with one attached hydrogen (secondary N) is 3. The Morgan fingerprint density at radius 1 is 1.17 bits per heavy atom. The summed E-state index contributed by atoms with van der Waals surface area (Å²) in [4.78, 5) is 11.5. The molecule has 0 radical (unpaired) electrons. The number of H-pyrrole nitrogens is 1. The Labute approximate surface area is 207 Å². The van der Waals surface area contributed by atoms with E-state index in [1.54, 1.807) is 30.6 Å². The summed E-state index contributed by atoms with van der Waals surface area (Å²) in [5.74, 6) is 1.31. The van der Waals surface area contributed by atoms with Crippen LogP contribution in [0.2, 0.25) is 5.02 Å². The molecule has 0 saturated heterocycles. The van der Waals surface area contributed by atoms with E-state index in [-0.39, 0.29) is 11.6 Å². The fourth-order valence-electron chi connectivity index (χ4n) is 5.24. The molecule has 4 N–H and O–H groups in total. The van der Waals surface area contributed by atoms with E-state index in [0.29, 0.717) is 33.3 Å². The van der Waals surface area contributed by atoms with Crippen molar-refractivity contribution in [3.05, 3.63) is 88.5 Å². The summed E-state index contributed by atoms with van der Waals surface area (Å²) >= 11 is 6.61. The summed E-state index contributed by atoms with van der Waals surface area (Å²) in [7, 11) is 0. The van der Waals surface area contributed by atoms with Crippen LogP contribution in [-0.4, -0.2) is 33.2 Å². The molecule has 3 unspecified atom stereocenters. The Kier molecular flexibility index (Phi) is 5.28. The van der Waals surface area contributed by atoms with Gasteiger partial charge in [0.25, 0.3) is 0 Å². The Morgan fingerprint density at radius 3 is 2.80 bits per heavy atom. The summed E-state index contributed by atoms with van der Waals surface area (Å²) in [6.45, 7) is 8.19. The number of nitrogens with zero attached hydrogens (tertiary/aromatic N) is 2. The van der Waals surface area contributed by atoms with Crippen LogP contribution in [-0.2, 0) is 0 Å². The number of para-hydroxylation sites is 1. The van der Waals surface area contributed by atoms with E-state index < -0.39 is 6.10 Å². The van der Waals surface area contributed by atoms with Crippen LogP contribution in [0.5, 0.6) is 11.5 Å².